The number of hydrogen-bond acceptors (Lipinski definition) is 4. The molecule has 0 unspecified atom stereocenters. The molecule has 0 saturated heterocycles. The minimum atomic E-state index is -0.114. The van der Waals surface area contributed by atoms with E-state index in [2.05, 4.69) is 22.4 Å². The minimum Gasteiger partial charge on any atom is -0.475 e. The van der Waals surface area contributed by atoms with Gasteiger partial charge in [0.05, 0.1) is 6.61 Å². The fraction of sp³-hybridized carbons (Fsp3) is 0.333. The van der Waals surface area contributed by atoms with Crippen LogP contribution in [0, 0.1) is 0 Å². The van der Waals surface area contributed by atoms with E-state index in [0.717, 1.165) is 12.8 Å². The van der Waals surface area contributed by atoms with E-state index in [4.69, 9.17) is 9.47 Å². The zero-order chi connectivity index (χ0) is 16.3. The first-order valence-electron chi connectivity index (χ1n) is 7.69. The summed E-state index contributed by atoms with van der Waals surface area (Å²) in [5, 5.41) is 2.92. The zero-order valence-corrected chi connectivity index (χ0v) is 13.3. The number of ether oxygens (including phenoxy) is 2. The summed E-state index contributed by atoms with van der Waals surface area (Å²) in [4.78, 5) is 16.2. The number of nitrogens with one attached hydrogen (secondary N) is 1. The first-order valence-corrected chi connectivity index (χ1v) is 7.69. The minimum absolute atomic E-state index is 0.114. The molecule has 0 saturated carbocycles. The van der Waals surface area contributed by atoms with Gasteiger partial charge in [0.1, 0.15) is 6.61 Å². The standard InChI is InChI=1S/C18H22N2O3/c1-22-12-13-23-17-14-16(9-11-19-17)18(21)20-10-5-8-15-6-3-2-4-7-15/h2-4,6-7,9,11,14H,5,8,10,12-13H2,1H3,(H,20,21). The predicted octanol–water partition coefficient (Wildman–Crippen LogP) is 2.47. The van der Waals surface area contributed by atoms with Gasteiger partial charge in [0, 0.05) is 31.5 Å². The maximum atomic E-state index is 12.1. The molecule has 0 aliphatic heterocycles. The van der Waals surface area contributed by atoms with Crippen molar-refractivity contribution in [2.45, 2.75) is 12.8 Å². The van der Waals surface area contributed by atoms with Crippen LogP contribution in [0.3, 0.4) is 0 Å². The number of carbonyl (C=O) groups excluding carboxylic acids is 1. The Labute approximate surface area is 136 Å². The largest absolute Gasteiger partial charge is 0.475 e. The lowest BCUT2D eigenvalue weighted by atomic mass is 10.1. The molecule has 5 nitrogen and oxygen atoms in total. The number of benzene rings is 1. The van der Waals surface area contributed by atoms with Gasteiger partial charge in [0.2, 0.25) is 5.88 Å². The van der Waals surface area contributed by atoms with E-state index in [9.17, 15) is 4.79 Å². The number of carbonyl (C=O) groups is 1. The van der Waals surface area contributed by atoms with E-state index in [-0.39, 0.29) is 5.91 Å². The number of methoxy groups -OCH3 is 1. The van der Waals surface area contributed by atoms with Gasteiger partial charge in [0.25, 0.3) is 5.91 Å². The number of rotatable bonds is 9. The molecule has 0 radical (unpaired) electrons. The third-order valence-electron chi connectivity index (χ3n) is 3.31. The monoisotopic (exact) mass is 314 g/mol. The Kier molecular flexibility index (Phi) is 7.07. The van der Waals surface area contributed by atoms with E-state index < -0.39 is 0 Å². The van der Waals surface area contributed by atoms with Crippen molar-refractivity contribution in [1.29, 1.82) is 0 Å². The SMILES string of the molecule is COCCOc1cc(C(=O)NCCCc2ccccc2)ccn1. The summed E-state index contributed by atoms with van der Waals surface area (Å²) in [5.74, 6) is 0.316. The molecule has 1 aromatic carbocycles. The van der Waals surface area contributed by atoms with Crippen LogP contribution in [0.5, 0.6) is 5.88 Å². The van der Waals surface area contributed by atoms with Gasteiger partial charge in [-0.05, 0) is 24.5 Å². The molecule has 0 aliphatic rings. The van der Waals surface area contributed by atoms with Gasteiger partial charge in [-0.1, -0.05) is 30.3 Å². The van der Waals surface area contributed by atoms with Crippen LogP contribution < -0.4 is 10.1 Å². The van der Waals surface area contributed by atoms with Crippen LogP contribution in [0.2, 0.25) is 0 Å². The third-order valence-corrected chi connectivity index (χ3v) is 3.31. The first-order chi connectivity index (χ1) is 11.3. The van der Waals surface area contributed by atoms with Crippen LogP contribution in [0.25, 0.3) is 0 Å². The summed E-state index contributed by atoms with van der Waals surface area (Å²) >= 11 is 0. The van der Waals surface area contributed by atoms with Crippen molar-refractivity contribution in [3.8, 4) is 5.88 Å². The van der Waals surface area contributed by atoms with Crippen LogP contribution in [-0.4, -0.2) is 37.8 Å². The number of aryl methyl sites for hydroxylation is 1. The predicted molar refractivity (Wildman–Crippen MR) is 88.7 cm³/mol. The van der Waals surface area contributed by atoms with Crippen molar-refractivity contribution in [3.05, 3.63) is 59.8 Å². The van der Waals surface area contributed by atoms with Gasteiger partial charge in [-0.2, -0.15) is 0 Å². The van der Waals surface area contributed by atoms with E-state index in [0.29, 0.717) is 31.2 Å². The first kappa shape index (κ1) is 17.0. The highest BCUT2D eigenvalue weighted by Gasteiger charge is 2.07. The molecule has 1 aromatic heterocycles. The highest BCUT2D eigenvalue weighted by Crippen LogP contribution is 2.09. The Morgan fingerprint density at radius 2 is 2.00 bits per heavy atom. The Bertz CT molecular complexity index is 602. The summed E-state index contributed by atoms with van der Waals surface area (Å²) in [6.07, 6.45) is 3.42. The van der Waals surface area contributed by atoms with E-state index >= 15 is 0 Å². The lowest BCUT2D eigenvalue weighted by Crippen LogP contribution is -2.24. The van der Waals surface area contributed by atoms with Gasteiger partial charge in [-0.15, -0.1) is 0 Å². The molecule has 5 heteroatoms. The van der Waals surface area contributed by atoms with Crippen LogP contribution in [0.1, 0.15) is 22.3 Å². The van der Waals surface area contributed by atoms with Crippen molar-refractivity contribution in [1.82, 2.24) is 10.3 Å². The number of amides is 1. The van der Waals surface area contributed by atoms with Gasteiger partial charge in [-0.3, -0.25) is 4.79 Å². The van der Waals surface area contributed by atoms with Gasteiger partial charge in [-0.25, -0.2) is 4.98 Å². The smallest absolute Gasteiger partial charge is 0.251 e. The topological polar surface area (TPSA) is 60.5 Å². The van der Waals surface area contributed by atoms with E-state index in [1.54, 1.807) is 25.4 Å². The molecule has 0 atom stereocenters. The molecule has 23 heavy (non-hydrogen) atoms. The van der Waals surface area contributed by atoms with Crippen LogP contribution >= 0.6 is 0 Å². The zero-order valence-electron chi connectivity index (χ0n) is 13.3. The summed E-state index contributed by atoms with van der Waals surface area (Å²) in [7, 11) is 1.61. The van der Waals surface area contributed by atoms with E-state index in [1.165, 1.54) is 5.56 Å². The second-order valence-electron chi connectivity index (χ2n) is 5.07. The summed E-state index contributed by atoms with van der Waals surface area (Å²) in [6.45, 7) is 1.53. The van der Waals surface area contributed by atoms with Crippen molar-refractivity contribution >= 4 is 5.91 Å². The second kappa shape index (κ2) is 9.58. The number of pyridine rings is 1. The molecule has 0 bridgehead atoms. The summed E-state index contributed by atoms with van der Waals surface area (Å²) in [6, 6.07) is 13.5. The Hall–Kier alpha value is -2.40. The summed E-state index contributed by atoms with van der Waals surface area (Å²) in [5.41, 5.74) is 1.83. The molecule has 0 aliphatic carbocycles. The van der Waals surface area contributed by atoms with Crippen LogP contribution in [0.4, 0.5) is 0 Å². The Morgan fingerprint density at radius 3 is 2.78 bits per heavy atom. The van der Waals surface area contributed by atoms with Gasteiger partial charge >= 0.3 is 0 Å². The molecule has 1 heterocycles. The third kappa shape index (κ3) is 6.08. The Balaban J connectivity index is 1.75. The van der Waals surface area contributed by atoms with Crippen LogP contribution in [-0.2, 0) is 11.2 Å². The molecular formula is C18H22N2O3. The number of hydrogen-bond donors (Lipinski definition) is 1. The average molecular weight is 314 g/mol. The van der Waals surface area contributed by atoms with Crippen molar-refractivity contribution in [3.63, 3.8) is 0 Å². The second-order valence-corrected chi connectivity index (χ2v) is 5.07. The van der Waals surface area contributed by atoms with Crippen LogP contribution in [0.15, 0.2) is 48.7 Å². The van der Waals surface area contributed by atoms with Gasteiger partial charge < -0.3 is 14.8 Å². The molecule has 0 fully saturated rings. The highest BCUT2D eigenvalue weighted by atomic mass is 16.5. The lowest BCUT2D eigenvalue weighted by Gasteiger charge is -2.08. The highest BCUT2D eigenvalue weighted by molar-refractivity contribution is 5.94. The fourth-order valence-electron chi connectivity index (χ4n) is 2.10. The molecule has 1 N–H and O–H groups in total. The number of aromatic nitrogens is 1. The maximum Gasteiger partial charge on any atom is 0.251 e. The molecule has 2 aromatic rings. The fourth-order valence-corrected chi connectivity index (χ4v) is 2.10. The quantitative estimate of drug-likeness (QED) is 0.722. The maximum absolute atomic E-state index is 12.1. The van der Waals surface area contributed by atoms with Gasteiger partial charge in [0.15, 0.2) is 0 Å². The van der Waals surface area contributed by atoms with Crippen molar-refractivity contribution < 1.29 is 14.3 Å². The van der Waals surface area contributed by atoms with Crippen molar-refractivity contribution in [2.75, 3.05) is 26.9 Å². The normalized spacial score (nSPS) is 10.3. The molecule has 1 amide bonds. The Morgan fingerprint density at radius 1 is 1.17 bits per heavy atom. The molecule has 122 valence electrons. The average Bonchev–Trinajstić information content (AvgIpc) is 2.60. The van der Waals surface area contributed by atoms with E-state index in [1.807, 2.05) is 18.2 Å². The molecule has 2 rings (SSSR count). The number of nitrogens with zero attached hydrogens (tertiary/aromatic N) is 1. The molecule has 0 spiro atoms. The summed E-state index contributed by atoms with van der Waals surface area (Å²) < 4.78 is 10.3. The van der Waals surface area contributed by atoms with Crippen molar-refractivity contribution in [2.24, 2.45) is 0 Å². The lowest BCUT2D eigenvalue weighted by molar-refractivity contribution is 0.0952. The molecular weight excluding hydrogens is 292 g/mol.